The first-order valence-corrected chi connectivity index (χ1v) is 7.04. The van der Waals surface area contributed by atoms with Crippen LogP contribution < -0.4 is 4.90 Å². The lowest BCUT2D eigenvalue weighted by Crippen LogP contribution is -2.20. The smallest absolute Gasteiger partial charge is 0.142 e. The lowest BCUT2D eigenvalue weighted by molar-refractivity contribution is 0.706. The fourth-order valence-electron chi connectivity index (χ4n) is 1.38. The van der Waals surface area contributed by atoms with E-state index >= 15 is 0 Å². The summed E-state index contributed by atoms with van der Waals surface area (Å²) in [7, 11) is 2.08. The van der Waals surface area contributed by atoms with Crippen molar-refractivity contribution >= 4 is 37.7 Å². The van der Waals surface area contributed by atoms with Gasteiger partial charge in [-0.05, 0) is 40.9 Å². The first-order chi connectivity index (χ1) is 7.25. The summed E-state index contributed by atoms with van der Waals surface area (Å²) < 4.78 is 1.06. The van der Waals surface area contributed by atoms with Crippen LogP contribution in [0.3, 0.4) is 0 Å². The number of hydrogen-bond donors (Lipinski definition) is 0. The molecule has 0 aliphatic heterocycles. The van der Waals surface area contributed by atoms with E-state index in [-0.39, 0.29) is 0 Å². The number of hydrogen-bond acceptors (Lipinski definition) is 2. The highest BCUT2D eigenvalue weighted by molar-refractivity contribution is 9.10. The molecule has 1 aromatic rings. The molecule has 2 nitrogen and oxygen atoms in total. The van der Waals surface area contributed by atoms with Crippen LogP contribution in [0.5, 0.6) is 0 Å². The zero-order valence-corrected chi connectivity index (χ0v) is 12.1. The van der Waals surface area contributed by atoms with E-state index in [9.17, 15) is 0 Å². The van der Waals surface area contributed by atoms with Gasteiger partial charge in [0.1, 0.15) is 5.82 Å². The quantitative estimate of drug-likeness (QED) is 0.580. The molecule has 0 bridgehead atoms. The van der Waals surface area contributed by atoms with Crippen molar-refractivity contribution in [2.45, 2.75) is 19.3 Å². The summed E-state index contributed by atoms with van der Waals surface area (Å²) in [5.74, 6) is 1.02. The van der Waals surface area contributed by atoms with E-state index in [0.717, 1.165) is 22.2 Å². The van der Waals surface area contributed by atoms with Gasteiger partial charge < -0.3 is 4.90 Å². The first-order valence-electron chi connectivity index (χ1n) is 5.13. The molecule has 0 spiro atoms. The molecular weight excluding hydrogens is 320 g/mol. The van der Waals surface area contributed by atoms with Crippen molar-refractivity contribution < 1.29 is 0 Å². The molecule has 0 saturated carbocycles. The van der Waals surface area contributed by atoms with Crippen molar-refractivity contribution in [1.82, 2.24) is 4.98 Å². The average molecular weight is 336 g/mol. The number of aromatic nitrogens is 1. The Kier molecular flexibility index (Phi) is 6.25. The van der Waals surface area contributed by atoms with Gasteiger partial charge in [-0.15, -0.1) is 0 Å². The summed E-state index contributed by atoms with van der Waals surface area (Å²) in [5, 5.41) is 1.10. The predicted octanol–water partition coefficient (Wildman–Crippen LogP) is 3.85. The van der Waals surface area contributed by atoms with Gasteiger partial charge >= 0.3 is 0 Å². The molecule has 0 atom stereocenters. The Morgan fingerprint density at radius 2 is 2.13 bits per heavy atom. The summed E-state index contributed by atoms with van der Waals surface area (Å²) in [6.45, 7) is 1.06. The Balaban J connectivity index is 2.40. The lowest BCUT2D eigenvalue weighted by Gasteiger charge is -2.18. The van der Waals surface area contributed by atoms with Gasteiger partial charge in [0.15, 0.2) is 0 Å². The van der Waals surface area contributed by atoms with Crippen LogP contribution in [0.1, 0.15) is 19.3 Å². The molecule has 4 heteroatoms. The van der Waals surface area contributed by atoms with Crippen LogP contribution in [-0.4, -0.2) is 23.9 Å². The number of nitrogens with zero attached hydrogens (tertiary/aromatic N) is 2. The third kappa shape index (κ3) is 4.51. The summed E-state index contributed by atoms with van der Waals surface area (Å²) in [6.07, 6.45) is 5.55. The van der Waals surface area contributed by atoms with Crippen LogP contribution in [0.15, 0.2) is 22.8 Å². The third-order valence-corrected chi connectivity index (χ3v) is 3.41. The summed E-state index contributed by atoms with van der Waals surface area (Å²) in [5.41, 5.74) is 0. The Hall–Kier alpha value is -0.0900. The van der Waals surface area contributed by atoms with E-state index < -0.39 is 0 Å². The van der Waals surface area contributed by atoms with Crippen LogP contribution in [0, 0.1) is 0 Å². The van der Waals surface area contributed by atoms with Gasteiger partial charge in [0.05, 0.1) is 4.47 Å². The molecule has 0 amide bonds. The molecule has 0 unspecified atom stereocenters. The third-order valence-electron chi connectivity index (χ3n) is 2.23. The highest BCUT2D eigenvalue weighted by Crippen LogP contribution is 2.21. The minimum absolute atomic E-state index is 1.02. The van der Waals surface area contributed by atoms with E-state index in [2.05, 4.69) is 48.8 Å². The van der Waals surface area contributed by atoms with Gasteiger partial charge in [-0.25, -0.2) is 4.98 Å². The van der Waals surface area contributed by atoms with E-state index in [1.807, 2.05) is 18.3 Å². The number of alkyl halides is 1. The summed E-state index contributed by atoms with van der Waals surface area (Å²) in [6, 6.07) is 3.96. The number of rotatable bonds is 6. The Bertz CT molecular complexity index is 292. The zero-order chi connectivity index (χ0) is 11.1. The molecule has 84 valence electrons. The number of anilines is 1. The predicted molar refractivity (Wildman–Crippen MR) is 72.9 cm³/mol. The first kappa shape index (κ1) is 13.0. The van der Waals surface area contributed by atoms with Gasteiger partial charge in [-0.2, -0.15) is 0 Å². The molecule has 0 saturated heterocycles. The standard InChI is InChI=1S/C11H16Br2N2/c1-15(9-4-2-3-7-12)11-10(13)6-5-8-14-11/h5-6,8H,2-4,7,9H2,1H3. The van der Waals surface area contributed by atoms with E-state index in [0.29, 0.717) is 0 Å². The molecular formula is C11H16Br2N2. The molecule has 0 aliphatic rings. The Labute approximate surface area is 108 Å². The minimum atomic E-state index is 1.02. The molecule has 0 radical (unpaired) electrons. The van der Waals surface area contributed by atoms with Crippen LogP contribution >= 0.6 is 31.9 Å². The van der Waals surface area contributed by atoms with Crippen LogP contribution in [0.2, 0.25) is 0 Å². The van der Waals surface area contributed by atoms with Crippen molar-refractivity contribution in [3.63, 3.8) is 0 Å². The maximum atomic E-state index is 4.35. The molecule has 0 aromatic carbocycles. The highest BCUT2D eigenvalue weighted by atomic mass is 79.9. The Morgan fingerprint density at radius 3 is 2.80 bits per heavy atom. The maximum Gasteiger partial charge on any atom is 0.142 e. The van der Waals surface area contributed by atoms with E-state index in [1.165, 1.54) is 19.3 Å². The van der Waals surface area contributed by atoms with Gasteiger partial charge in [-0.3, -0.25) is 0 Å². The maximum absolute atomic E-state index is 4.35. The molecule has 0 aliphatic carbocycles. The van der Waals surface area contributed by atoms with E-state index in [4.69, 9.17) is 0 Å². The van der Waals surface area contributed by atoms with Gasteiger partial charge in [0.2, 0.25) is 0 Å². The molecule has 1 rings (SSSR count). The number of halogens is 2. The number of unbranched alkanes of at least 4 members (excludes halogenated alkanes) is 2. The minimum Gasteiger partial charge on any atom is -0.359 e. The second kappa shape index (κ2) is 7.23. The van der Waals surface area contributed by atoms with Gasteiger partial charge in [0.25, 0.3) is 0 Å². The molecule has 15 heavy (non-hydrogen) atoms. The van der Waals surface area contributed by atoms with Crippen molar-refractivity contribution in [3.05, 3.63) is 22.8 Å². The monoisotopic (exact) mass is 334 g/mol. The second-order valence-corrected chi connectivity index (χ2v) is 5.13. The van der Waals surface area contributed by atoms with Crippen molar-refractivity contribution in [2.24, 2.45) is 0 Å². The SMILES string of the molecule is CN(CCCCCBr)c1ncccc1Br. The van der Waals surface area contributed by atoms with Crippen molar-refractivity contribution in [2.75, 3.05) is 23.8 Å². The fraction of sp³-hybridized carbons (Fsp3) is 0.545. The van der Waals surface area contributed by atoms with E-state index in [1.54, 1.807) is 0 Å². The van der Waals surface area contributed by atoms with Crippen molar-refractivity contribution in [1.29, 1.82) is 0 Å². The Morgan fingerprint density at radius 1 is 1.33 bits per heavy atom. The zero-order valence-electron chi connectivity index (χ0n) is 8.92. The van der Waals surface area contributed by atoms with Crippen LogP contribution in [0.25, 0.3) is 0 Å². The second-order valence-electron chi connectivity index (χ2n) is 3.48. The van der Waals surface area contributed by atoms with Gasteiger partial charge in [-0.1, -0.05) is 22.4 Å². The summed E-state index contributed by atoms with van der Waals surface area (Å²) >= 11 is 6.95. The highest BCUT2D eigenvalue weighted by Gasteiger charge is 2.05. The summed E-state index contributed by atoms with van der Waals surface area (Å²) in [4.78, 5) is 6.54. The number of pyridine rings is 1. The molecule has 1 heterocycles. The van der Waals surface area contributed by atoms with Crippen LogP contribution in [0.4, 0.5) is 5.82 Å². The van der Waals surface area contributed by atoms with Crippen LogP contribution in [-0.2, 0) is 0 Å². The normalized spacial score (nSPS) is 10.3. The molecule has 0 N–H and O–H groups in total. The lowest BCUT2D eigenvalue weighted by atomic mass is 10.2. The molecule has 0 fully saturated rings. The average Bonchev–Trinajstić information content (AvgIpc) is 2.25. The van der Waals surface area contributed by atoms with Gasteiger partial charge in [0, 0.05) is 25.1 Å². The fourth-order valence-corrected chi connectivity index (χ4v) is 2.34. The largest absolute Gasteiger partial charge is 0.359 e. The molecule has 1 aromatic heterocycles. The topological polar surface area (TPSA) is 16.1 Å². The van der Waals surface area contributed by atoms with Crippen molar-refractivity contribution in [3.8, 4) is 0 Å².